The molecular weight excluding hydrogens is 238 g/mol. The van der Waals surface area contributed by atoms with Gasteiger partial charge in [-0.15, -0.1) is 0 Å². The third-order valence-corrected chi connectivity index (χ3v) is 5.58. The van der Waals surface area contributed by atoms with Gasteiger partial charge in [0.1, 0.15) is 0 Å². The molecule has 0 aromatic heterocycles. The van der Waals surface area contributed by atoms with Crippen LogP contribution in [0.5, 0.6) is 0 Å². The fourth-order valence-electron chi connectivity index (χ4n) is 5.33. The van der Waals surface area contributed by atoms with Gasteiger partial charge in [-0.25, -0.2) is 0 Å². The van der Waals surface area contributed by atoms with Crippen molar-refractivity contribution in [3.05, 3.63) is 0 Å². The second-order valence-electron chi connectivity index (χ2n) is 7.58. The van der Waals surface area contributed by atoms with Gasteiger partial charge in [0.15, 0.2) is 0 Å². The number of rotatable bonds is 5. The summed E-state index contributed by atoms with van der Waals surface area (Å²) in [6.07, 6.45) is 9.26. The van der Waals surface area contributed by atoms with Crippen molar-refractivity contribution in [1.82, 2.24) is 5.32 Å². The molecule has 0 heterocycles. The van der Waals surface area contributed by atoms with E-state index in [0.29, 0.717) is 18.4 Å². The molecule has 4 aliphatic rings. The van der Waals surface area contributed by atoms with Gasteiger partial charge in [-0.3, -0.25) is 4.79 Å². The van der Waals surface area contributed by atoms with Crippen molar-refractivity contribution in [2.45, 2.75) is 64.4 Å². The SMILES string of the molecule is CC(O)CCNC(=O)CC12CC3CC(CC(C3)C1)C2. The maximum atomic E-state index is 12.1. The molecule has 0 aromatic rings. The van der Waals surface area contributed by atoms with Gasteiger partial charge >= 0.3 is 0 Å². The lowest BCUT2D eigenvalue weighted by atomic mass is 9.49. The molecule has 2 N–H and O–H groups in total. The van der Waals surface area contributed by atoms with Crippen LogP contribution in [0.15, 0.2) is 0 Å². The third kappa shape index (κ3) is 2.96. The summed E-state index contributed by atoms with van der Waals surface area (Å²) in [6.45, 7) is 2.38. The molecule has 19 heavy (non-hydrogen) atoms. The summed E-state index contributed by atoms with van der Waals surface area (Å²) in [5, 5.41) is 12.2. The Hall–Kier alpha value is -0.570. The highest BCUT2D eigenvalue weighted by atomic mass is 16.3. The molecule has 4 rings (SSSR count). The Labute approximate surface area is 116 Å². The van der Waals surface area contributed by atoms with Crippen molar-refractivity contribution in [1.29, 1.82) is 0 Å². The number of aliphatic hydroxyl groups excluding tert-OH is 1. The van der Waals surface area contributed by atoms with E-state index in [1.54, 1.807) is 6.92 Å². The van der Waals surface area contributed by atoms with E-state index in [2.05, 4.69) is 5.32 Å². The van der Waals surface area contributed by atoms with Crippen molar-refractivity contribution in [3.63, 3.8) is 0 Å². The van der Waals surface area contributed by atoms with Crippen LogP contribution in [0.25, 0.3) is 0 Å². The van der Waals surface area contributed by atoms with Crippen molar-refractivity contribution >= 4 is 5.91 Å². The zero-order valence-corrected chi connectivity index (χ0v) is 12.0. The van der Waals surface area contributed by atoms with Gasteiger partial charge in [0.25, 0.3) is 0 Å². The number of hydrogen-bond donors (Lipinski definition) is 2. The molecule has 1 unspecified atom stereocenters. The van der Waals surface area contributed by atoms with E-state index in [4.69, 9.17) is 0 Å². The predicted molar refractivity (Wildman–Crippen MR) is 74.5 cm³/mol. The predicted octanol–water partition coefficient (Wildman–Crippen LogP) is 2.48. The fraction of sp³-hybridized carbons (Fsp3) is 0.938. The molecular formula is C16H27NO2. The van der Waals surface area contributed by atoms with E-state index in [0.717, 1.165) is 24.2 Å². The lowest BCUT2D eigenvalue weighted by Crippen LogP contribution is -2.48. The van der Waals surface area contributed by atoms with Crippen molar-refractivity contribution in [2.75, 3.05) is 6.54 Å². The topological polar surface area (TPSA) is 49.3 Å². The number of hydrogen-bond acceptors (Lipinski definition) is 2. The van der Waals surface area contributed by atoms with Crippen molar-refractivity contribution in [2.24, 2.45) is 23.2 Å². The summed E-state index contributed by atoms with van der Waals surface area (Å²) in [5.41, 5.74) is 0.337. The number of aliphatic hydroxyl groups is 1. The molecule has 0 saturated heterocycles. The monoisotopic (exact) mass is 265 g/mol. The molecule has 4 fully saturated rings. The van der Waals surface area contributed by atoms with Crippen LogP contribution in [0.1, 0.15) is 58.3 Å². The summed E-state index contributed by atoms with van der Waals surface area (Å²) in [5.74, 6) is 2.95. The van der Waals surface area contributed by atoms with Crippen molar-refractivity contribution < 1.29 is 9.90 Å². The van der Waals surface area contributed by atoms with Gasteiger partial charge in [0.2, 0.25) is 5.91 Å². The van der Waals surface area contributed by atoms with Crippen LogP contribution in [0.2, 0.25) is 0 Å². The first-order chi connectivity index (χ1) is 9.05. The van der Waals surface area contributed by atoms with Crippen LogP contribution in [0.3, 0.4) is 0 Å². The fourth-order valence-corrected chi connectivity index (χ4v) is 5.33. The van der Waals surface area contributed by atoms with E-state index in [1.165, 1.54) is 38.5 Å². The Morgan fingerprint density at radius 2 is 1.74 bits per heavy atom. The average Bonchev–Trinajstić information content (AvgIpc) is 2.25. The van der Waals surface area contributed by atoms with Crippen LogP contribution >= 0.6 is 0 Å². The van der Waals surface area contributed by atoms with Gasteiger partial charge in [-0.2, -0.15) is 0 Å². The molecule has 0 spiro atoms. The Balaban J connectivity index is 1.53. The van der Waals surface area contributed by atoms with Crippen molar-refractivity contribution in [3.8, 4) is 0 Å². The molecule has 0 aliphatic heterocycles. The van der Waals surface area contributed by atoms with Crippen LogP contribution in [0.4, 0.5) is 0 Å². The lowest BCUT2D eigenvalue weighted by Gasteiger charge is -2.56. The molecule has 0 aromatic carbocycles. The maximum Gasteiger partial charge on any atom is 0.220 e. The average molecular weight is 265 g/mol. The van der Waals surface area contributed by atoms with E-state index in [9.17, 15) is 9.90 Å². The normalized spacial score (nSPS) is 41.3. The van der Waals surface area contributed by atoms with Gasteiger partial charge in [0, 0.05) is 13.0 Å². The summed E-state index contributed by atoms with van der Waals surface area (Å²) in [4.78, 5) is 12.1. The van der Waals surface area contributed by atoms with Gasteiger partial charge in [-0.05, 0) is 75.0 Å². The van der Waals surface area contributed by atoms with Crippen LogP contribution < -0.4 is 5.32 Å². The van der Waals surface area contributed by atoms with Crippen LogP contribution in [0, 0.1) is 23.2 Å². The third-order valence-electron chi connectivity index (χ3n) is 5.58. The summed E-state index contributed by atoms with van der Waals surface area (Å²) in [7, 11) is 0. The molecule has 108 valence electrons. The van der Waals surface area contributed by atoms with Gasteiger partial charge in [0.05, 0.1) is 6.10 Å². The van der Waals surface area contributed by atoms with Crippen LogP contribution in [-0.4, -0.2) is 23.7 Å². The molecule has 1 atom stereocenters. The summed E-state index contributed by atoms with van der Waals surface area (Å²) >= 11 is 0. The molecule has 1 amide bonds. The molecule has 4 saturated carbocycles. The largest absolute Gasteiger partial charge is 0.393 e. The van der Waals surface area contributed by atoms with Crippen LogP contribution in [-0.2, 0) is 4.79 Å². The highest BCUT2D eigenvalue weighted by molar-refractivity contribution is 5.76. The molecule has 4 bridgehead atoms. The minimum absolute atomic E-state index is 0.211. The molecule has 0 radical (unpaired) electrons. The molecule has 3 nitrogen and oxygen atoms in total. The van der Waals surface area contributed by atoms with E-state index in [-0.39, 0.29) is 12.0 Å². The number of amides is 1. The minimum Gasteiger partial charge on any atom is -0.393 e. The maximum absolute atomic E-state index is 12.1. The summed E-state index contributed by atoms with van der Waals surface area (Å²) in [6, 6.07) is 0. The summed E-state index contributed by atoms with van der Waals surface area (Å²) < 4.78 is 0. The Morgan fingerprint density at radius 1 is 1.21 bits per heavy atom. The minimum atomic E-state index is -0.320. The zero-order valence-electron chi connectivity index (χ0n) is 12.0. The number of carbonyl (C=O) groups excluding carboxylic acids is 1. The van der Waals surface area contributed by atoms with E-state index >= 15 is 0 Å². The second kappa shape index (κ2) is 5.08. The first-order valence-electron chi connectivity index (χ1n) is 7.99. The standard InChI is InChI=1S/C16H27NO2/c1-11(18)2-3-17-15(19)10-16-7-12-4-13(8-16)6-14(5-12)9-16/h11-14,18H,2-10H2,1H3,(H,17,19). The molecule has 3 heteroatoms. The van der Waals surface area contributed by atoms with Gasteiger partial charge in [-0.1, -0.05) is 0 Å². The second-order valence-corrected chi connectivity index (χ2v) is 7.58. The highest BCUT2D eigenvalue weighted by Gasteiger charge is 2.51. The quantitative estimate of drug-likeness (QED) is 0.802. The van der Waals surface area contributed by atoms with Gasteiger partial charge < -0.3 is 10.4 Å². The Bertz CT molecular complexity index is 315. The first-order valence-corrected chi connectivity index (χ1v) is 7.99. The zero-order chi connectivity index (χ0) is 13.5. The first kappa shape index (κ1) is 13.4. The Kier molecular flexibility index (Phi) is 3.59. The van der Waals surface area contributed by atoms with E-state index in [1.807, 2.05) is 0 Å². The smallest absolute Gasteiger partial charge is 0.220 e. The van der Waals surface area contributed by atoms with E-state index < -0.39 is 0 Å². The molecule has 4 aliphatic carbocycles. The lowest BCUT2D eigenvalue weighted by molar-refractivity contribution is -0.129. The Morgan fingerprint density at radius 3 is 2.21 bits per heavy atom. The highest BCUT2D eigenvalue weighted by Crippen LogP contribution is 2.61. The number of carbonyl (C=O) groups is 1. The number of nitrogens with one attached hydrogen (secondary N) is 1.